The summed E-state index contributed by atoms with van der Waals surface area (Å²) in [6.07, 6.45) is -3.46. The van der Waals surface area contributed by atoms with Crippen molar-refractivity contribution in [2.75, 3.05) is 24.7 Å². The summed E-state index contributed by atoms with van der Waals surface area (Å²) >= 11 is 0. The fraction of sp³-hybridized carbons (Fsp3) is 0.467. The Kier molecular flexibility index (Phi) is 6.47. The Balaban J connectivity index is 2.06. The molecule has 160 valence electrons. The number of esters is 1. The predicted octanol–water partition coefficient (Wildman–Crippen LogP) is 1.52. The lowest BCUT2D eigenvalue weighted by molar-refractivity contribution is -0.385. The first kappa shape index (κ1) is 22.5. The molecule has 0 saturated carbocycles. The van der Waals surface area contributed by atoms with Gasteiger partial charge >= 0.3 is 12.1 Å². The number of anilines is 1. The number of amides is 1. The fourth-order valence-electron chi connectivity index (χ4n) is 2.78. The van der Waals surface area contributed by atoms with Crippen LogP contribution in [-0.4, -0.2) is 55.0 Å². The van der Waals surface area contributed by atoms with Crippen LogP contribution in [0.15, 0.2) is 18.2 Å². The topological polar surface area (TPSA) is 136 Å². The van der Waals surface area contributed by atoms with Crippen molar-refractivity contribution >= 4 is 33.3 Å². The van der Waals surface area contributed by atoms with Crippen LogP contribution in [0.1, 0.15) is 18.4 Å². The van der Waals surface area contributed by atoms with Gasteiger partial charge in [-0.3, -0.25) is 19.7 Å². The molecular weight excluding hydrogens is 423 g/mol. The third-order valence-corrected chi connectivity index (χ3v) is 5.33. The van der Waals surface area contributed by atoms with Gasteiger partial charge in [0.2, 0.25) is 10.0 Å². The number of alkyl halides is 3. The number of nitro benzene ring substituents is 1. The highest BCUT2D eigenvalue weighted by Gasteiger charge is 2.38. The van der Waals surface area contributed by atoms with E-state index in [4.69, 9.17) is 4.74 Å². The summed E-state index contributed by atoms with van der Waals surface area (Å²) in [7, 11) is -3.67. The summed E-state index contributed by atoms with van der Waals surface area (Å²) in [5, 5.41) is 12.5. The number of nitrogens with zero attached hydrogens (tertiary/aromatic N) is 2. The Morgan fingerprint density at radius 1 is 1.38 bits per heavy atom. The third kappa shape index (κ3) is 5.63. The molecule has 1 amide bonds. The first-order chi connectivity index (χ1) is 13.3. The monoisotopic (exact) mass is 439 g/mol. The van der Waals surface area contributed by atoms with E-state index in [9.17, 15) is 41.3 Å². The van der Waals surface area contributed by atoms with Crippen LogP contribution in [0, 0.1) is 10.1 Å². The highest BCUT2D eigenvalue weighted by molar-refractivity contribution is 7.88. The van der Waals surface area contributed by atoms with E-state index < -0.39 is 62.6 Å². The average molecular weight is 439 g/mol. The van der Waals surface area contributed by atoms with E-state index in [1.807, 2.05) is 5.32 Å². The molecule has 1 aromatic rings. The van der Waals surface area contributed by atoms with Gasteiger partial charge in [-0.1, -0.05) is 0 Å². The molecule has 1 heterocycles. The molecule has 1 fully saturated rings. The molecule has 0 aromatic heterocycles. The third-order valence-electron chi connectivity index (χ3n) is 4.04. The molecule has 1 saturated heterocycles. The number of carbonyl (C=O) groups excluding carboxylic acids is 2. The minimum Gasteiger partial charge on any atom is -0.454 e. The number of non-ortho nitro benzene ring substituents is 1. The Morgan fingerprint density at radius 3 is 2.59 bits per heavy atom. The van der Waals surface area contributed by atoms with Crippen molar-refractivity contribution in [3.05, 3.63) is 33.9 Å². The van der Waals surface area contributed by atoms with Crippen LogP contribution in [0.2, 0.25) is 0 Å². The molecular formula is C15H16F3N3O7S. The maximum atomic E-state index is 13.1. The first-order valence-corrected chi connectivity index (χ1v) is 9.94. The molecule has 1 N–H and O–H groups in total. The Labute approximate surface area is 162 Å². The van der Waals surface area contributed by atoms with Crippen LogP contribution >= 0.6 is 0 Å². The van der Waals surface area contributed by atoms with Crippen molar-refractivity contribution in [1.82, 2.24) is 4.31 Å². The lowest BCUT2D eigenvalue weighted by Crippen LogP contribution is -2.41. The van der Waals surface area contributed by atoms with Gasteiger partial charge in [0.25, 0.3) is 11.6 Å². The van der Waals surface area contributed by atoms with Gasteiger partial charge in [-0.05, 0) is 18.9 Å². The van der Waals surface area contributed by atoms with Crippen molar-refractivity contribution < 1.29 is 40.8 Å². The van der Waals surface area contributed by atoms with E-state index in [1.165, 1.54) is 0 Å². The SMILES string of the molecule is CS(=O)(=O)N1CCCC1C(=O)OCC(=O)Nc1ccc([N+](=O)[O-])cc1C(F)(F)F. The second kappa shape index (κ2) is 8.32. The Hall–Kier alpha value is -2.74. The van der Waals surface area contributed by atoms with Crippen LogP contribution in [0.5, 0.6) is 0 Å². The van der Waals surface area contributed by atoms with Gasteiger partial charge in [-0.15, -0.1) is 0 Å². The number of sulfonamides is 1. The zero-order valence-electron chi connectivity index (χ0n) is 14.9. The molecule has 10 nitrogen and oxygen atoms in total. The summed E-state index contributed by atoms with van der Waals surface area (Å²) in [5.74, 6) is -2.12. The summed E-state index contributed by atoms with van der Waals surface area (Å²) in [4.78, 5) is 33.6. The smallest absolute Gasteiger partial charge is 0.418 e. The van der Waals surface area contributed by atoms with Crippen molar-refractivity contribution in [2.45, 2.75) is 25.1 Å². The number of rotatable bonds is 6. The fourth-order valence-corrected chi connectivity index (χ4v) is 3.90. The molecule has 2 rings (SSSR count). The van der Waals surface area contributed by atoms with E-state index >= 15 is 0 Å². The number of nitrogens with one attached hydrogen (secondary N) is 1. The van der Waals surface area contributed by atoms with Crippen LogP contribution in [0.3, 0.4) is 0 Å². The maximum Gasteiger partial charge on any atom is 0.418 e. The minimum absolute atomic E-state index is 0.114. The predicted molar refractivity (Wildman–Crippen MR) is 92.3 cm³/mol. The second-order valence-corrected chi connectivity index (χ2v) is 8.11. The second-order valence-electron chi connectivity index (χ2n) is 6.17. The van der Waals surface area contributed by atoms with E-state index in [-0.39, 0.29) is 19.0 Å². The van der Waals surface area contributed by atoms with Crippen molar-refractivity contribution in [2.24, 2.45) is 0 Å². The normalized spacial score (nSPS) is 17.7. The van der Waals surface area contributed by atoms with Gasteiger partial charge in [-0.2, -0.15) is 17.5 Å². The number of carbonyl (C=O) groups is 2. The van der Waals surface area contributed by atoms with E-state index in [2.05, 4.69) is 0 Å². The van der Waals surface area contributed by atoms with Gasteiger partial charge in [0.05, 0.1) is 22.4 Å². The van der Waals surface area contributed by atoms with Crippen LogP contribution in [0.25, 0.3) is 0 Å². The number of hydrogen-bond acceptors (Lipinski definition) is 7. The zero-order valence-corrected chi connectivity index (χ0v) is 15.7. The molecule has 0 spiro atoms. The number of ether oxygens (including phenoxy) is 1. The summed E-state index contributed by atoms with van der Waals surface area (Å²) < 4.78 is 68.2. The lowest BCUT2D eigenvalue weighted by Gasteiger charge is -2.20. The zero-order chi connectivity index (χ0) is 22.0. The standard InChI is InChI=1S/C15H16F3N3O7S/c1-29(26,27)20-6-2-3-12(20)14(23)28-8-13(22)19-11-5-4-9(21(24)25)7-10(11)15(16,17)18/h4-5,7,12H,2-3,6,8H2,1H3,(H,19,22). The lowest BCUT2D eigenvalue weighted by atomic mass is 10.1. The Morgan fingerprint density at radius 2 is 2.03 bits per heavy atom. The largest absolute Gasteiger partial charge is 0.454 e. The van der Waals surface area contributed by atoms with Crippen LogP contribution in [0.4, 0.5) is 24.5 Å². The molecule has 1 aromatic carbocycles. The van der Waals surface area contributed by atoms with E-state index in [1.54, 1.807) is 0 Å². The van der Waals surface area contributed by atoms with Gasteiger partial charge in [0.1, 0.15) is 6.04 Å². The molecule has 1 atom stereocenters. The molecule has 1 aliphatic heterocycles. The van der Waals surface area contributed by atoms with Crippen molar-refractivity contribution in [1.29, 1.82) is 0 Å². The number of halogens is 3. The quantitative estimate of drug-likeness (QED) is 0.403. The highest BCUT2D eigenvalue weighted by Crippen LogP contribution is 2.37. The van der Waals surface area contributed by atoms with E-state index in [0.29, 0.717) is 12.5 Å². The van der Waals surface area contributed by atoms with Gasteiger partial charge in [0.15, 0.2) is 6.61 Å². The summed E-state index contributed by atoms with van der Waals surface area (Å²) in [6.45, 7) is -0.843. The molecule has 29 heavy (non-hydrogen) atoms. The molecule has 1 aliphatic rings. The molecule has 0 bridgehead atoms. The summed E-state index contributed by atoms with van der Waals surface area (Å²) in [6, 6.07) is 0.648. The molecule has 14 heteroatoms. The number of benzene rings is 1. The maximum absolute atomic E-state index is 13.1. The first-order valence-electron chi connectivity index (χ1n) is 8.09. The van der Waals surface area contributed by atoms with Gasteiger partial charge in [0, 0.05) is 18.7 Å². The number of nitro groups is 1. The van der Waals surface area contributed by atoms with Gasteiger partial charge in [-0.25, -0.2) is 8.42 Å². The molecule has 1 unspecified atom stereocenters. The number of hydrogen-bond donors (Lipinski definition) is 1. The van der Waals surface area contributed by atoms with E-state index in [0.717, 1.165) is 16.6 Å². The molecule has 0 radical (unpaired) electrons. The van der Waals surface area contributed by atoms with Crippen molar-refractivity contribution in [3.8, 4) is 0 Å². The van der Waals surface area contributed by atoms with Crippen LogP contribution < -0.4 is 5.32 Å². The van der Waals surface area contributed by atoms with Crippen LogP contribution in [-0.2, 0) is 30.5 Å². The van der Waals surface area contributed by atoms with Gasteiger partial charge < -0.3 is 10.1 Å². The Bertz CT molecular complexity index is 934. The van der Waals surface area contributed by atoms with Crippen molar-refractivity contribution in [3.63, 3.8) is 0 Å². The molecule has 0 aliphatic carbocycles. The summed E-state index contributed by atoms with van der Waals surface area (Å²) in [5.41, 5.74) is -3.00. The average Bonchev–Trinajstić information content (AvgIpc) is 3.09. The highest BCUT2D eigenvalue weighted by atomic mass is 32.2. The minimum atomic E-state index is -4.98.